The van der Waals surface area contributed by atoms with Gasteiger partial charge in [-0.2, -0.15) is 0 Å². The van der Waals surface area contributed by atoms with Crippen LogP contribution >= 0.6 is 27.9 Å². The fourth-order valence-corrected chi connectivity index (χ4v) is 5.88. The van der Waals surface area contributed by atoms with Crippen molar-refractivity contribution in [3.8, 4) is 0 Å². The molecule has 0 aliphatic carbocycles. The quantitative estimate of drug-likeness (QED) is 0.0906. The topological polar surface area (TPSA) is 158 Å². The molecule has 0 saturated carbocycles. The van der Waals surface area contributed by atoms with Crippen molar-refractivity contribution >= 4 is 33.0 Å². The molecule has 13 heteroatoms. The summed E-state index contributed by atoms with van der Waals surface area (Å²) in [5, 5.41) is 6.72. The summed E-state index contributed by atoms with van der Waals surface area (Å²) < 4.78 is 33.4. The molecule has 10 nitrogen and oxygen atoms in total. The summed E-state index contributed by atoms with van der Waals surface area (Å²) in [5.74, 6) is 0. The molecule has 2 aromatic rings. The van der Waals surface area contributed by atoms with Gasteiger partial charge in [-0.25, -0.2) is 9.13 Å². The maximum Gasteiger partial charge on any atom is 0.470 e. The summed E-state index contributed by atoms with van der Waals surface area (Å²) in [6.07, 6.45) is 3.56. The van der Waals surface area contributed by atoms with E-state index < -0.39 is 26.8 Å². The first kappa shape index (κ1) is 32.6. The molecule has 2 rings (SSSR count). The molecule has 0 aromatic heterocycles. The maximum absolute atomic E-state index is 11.5. The number of phosphoric acid groups is 2. The van der Waals surface area contributed by atoms with Gasteiger partial charge in [-0.05, 0) is 75.7 Å². The Morgan fingerprint density at radius 3 is 1.37 bits per heavy atom. The highest BCUT2D eigenvalue weighted by atomic mass is 32.1. The Labute approximate surface area is 229 Å². The first-order valence-corrected chi connectivity index (χ1v) is 15.8. The van der Waals surface area contributed by atoms with E-state index in [9.17, 15) is 28.7 Å². The third-order valence-electron chi connectivity index (χ3n) is 6.14. The summed E-state index contributed by atoms with van der Waals surface area (Å²) >= 11 is 5.32. The Hall–Kier alpha value is -1.65. The van der Waals surface area contributed by atoms with Gasteiger partial charge in [0.25, 0.3) is 0 Å². The van der Waals surface area contributed by atoms with Crippen molar-refractivity contribution in [1.29, 1.82) is 0 Å². The largest absolute Gasteiger partial charge is 0.470 e. The normalized spacial score (nSPS) is 15.3. The molecule has 2 aromatic carbocycles. The van der Waals surface area contributed by atoms with E-state index in [2.05, 4.69) is 10.6 Å². The summed E-state index contributed by atoms with van der Waals surface area (Å²) in [6, 6.07) is 18.0. The zero-order chi connectivity index (χ0) is 28.3. The molecule has 38 heavy (non-hydrogen) atoms. The second-order valence-corrected chi connectivity index (χ2v) is 12.2. The molecule has 0 heterocycles. The van der Waals surface area contributed by atoms with Gasteiger partial charge < -0.3 is 30.2 Å². The van der Waals surface area contributed by atoms with Crippen molar-refractivity contribution in [3.05, 3.63) is 71.8 Å². The van der Waals surface area contributed by atoms with Gasteiger partial charge in [0.05, 0.1) is 0 Å². The molecule has 0 fully saturated rings. The van der Waals surface area contributed by atoms with Crippen LogP contribution in [0, 0.1) is 0 Å². The second-order valence-electron chi connectivity index (χ2n) is 9.45. The lowest BCUT2D eigenvalue weighted by Crippen LogP contribution is -2.36. The van der Waals surface area contributed by atoms with Crippen LogP contribution in [-0.2, 0) is 29.4 Å². The van der Waals surface area contributed by atoms with E-state index in [1.807, 2.05) is 12.1 Å². The summed E-state index contributed by atoms with van der Waals surface area (Å²) in [4.78, 5) is 37.5. The molecule has 0 aliphatic rings. The van der Waals surface area contributed by atoms with Gasteiger partial charge in [0.15, 0.2) is 5.11 Å². The zero-order valence-electron chi connectivity index (χ0n) is 21.7. The molecule has 6 N–H and O–H groups in total. The third-order valence-corrected chi connectivity index (χ3v) is 7.71. The minimum absolute atomic E-state index is 0.418. The molecule has 0 amide bonds. The minimum atomic E-state index is -4.67. The van der Waals surface area contributed by atoms with Crippen molar-refractivity contribution in [2.75, 3.05) is 13.1 Å². The van der Waals surface area contributed by atoms with E-state index in [0.717, 1.165) is 0 Å². The van der Waals surface area contributed by atoms with Crippen LogP contribution in [0.15, 0.2) is 60.7 Å². The van der Waals surface area contributed by atoms with Gasteiger partial charge in [-0.1, -0.05) is 60.7 Å². The van der Waals surface area contributed by atoms with E-state index in [-0.39, 0.29) is 0 Å². The van der Waals surface area contributed by atoms with E-state index in [0.29, 0.717) is 67.9 Å². The third kappa shape index (κ3) is 12.0. The summed E-state index contributed by atoms with van der Waals surface area (Å²) in [6.45, 7) is 4.51. The van der Waals surface area contributed by atoms with Gasteiger partial charge in [0, 0.05) is 13.1 Å². The van der Waals surface area contributed by atoms with Gasteiger partial charge in [-0.15, -0.1) is 0 Å². The lowest BCUT2D eigenvalue weighted by molar-refractivity contribution is 0.0358. The molecule has 0 radical (unpaired) electrons. The van der Waals surface area contributed by atoms with E-state index in [1.165, 1.54) is 0 Å². The molecule has 212 valence electrons. The van der Waals surface area contributed by atoms with Gasteiger partial charge in [0.1, 0.15) is 11.2 Å². The van der Waals surface area contributed by atoms with Crippen LogP contribution in [0.1, 0.15) is 63.5 Å². The predicted octanol–water partition coefficient (Wildman–Crippen LogP) is 4.84. The number of hydrogen-bond acceptors (Lipinski definition) is 5. The highest BCUT2D eigenvalue weighted by Gasteiger charge is 2.35. The lowest BCUT2D eigenvalue weighted by atomic mass is 9.90. The Bertz CT molecular complexity index is 1010. The highest BCUT2D eigenvalue weighted by Crippen LogP contribution is 2.48. The Morgan fingerprint density at radius 2 is 1.05 bits per heavy atom. The number of phosphoric ester groups is 2. The number of thiocarbonyl (C=S) groups is 1. The Balaban J connectivity index is 1.71. The van der Waals surface area contributed by atoms with Gasteiger partial charge >= 0.3 is 15.6 Å². The predicted molar refractivity (Wildman–Crippen MR) is 150 cm³/mol. The van der Waals surface area contributed by atoms with Crippen LogP contribution in [0.2, 0.25) is 0 Å². The van der Waals surface area contributed by atoms with Crippen LogP contribution in [0.5, 0.6) is 0 Å². The SMILES string of the molecule is CC(CCCCNC(=S)NCCCCC(C)(OP(=O)(O)O)c1ccccc1)(OP(=O)(O)O)c1ccccc1. The van der Waals surface area contributed by atoms with E-state index in [4.69, 9.17) is 21.3 Å². The van der Waals surface area contributed by atoms with Crippen molar-refractivity contribution in [3.63, 3.8) is 0 Å². The first-order valence-electron chi connectivity index (χ1n) is 12.4. The zero-order valence-corrected chi connectivity index (χ0v) is 24.3. The molecule has 0 bridgehead atoms. The van der Waals surface area contributed by atoms with Crippen molar-refractivity contribution in [2.45, 2.75) is 63.6 Å². The summed E-state index contributed by atoms with van der Waals surface area (Å²) in [7, 11) is -9.35. The lowest BCUT2D eigenvalue weighted by Gasteiger charge is -2.30. The average molecular weight is 589 g/mol. The standard InChI is InChI=1S/C25H38N2O8P2S/c1-24(34-36(28,29)30,21-13-5-3-6-14-21)17-9-11-19-26-23(38)27-20-12-10-18-25(2,35-37(31,32)33)22-15-7-4-8-16-22/h3-8,13-16H,9-12,17-20H2,1-2H3,(H2,26,27,38)(H2,28,29,30)(H2,31,32,33). The van der Waals surface area contributed by atoms with Crippen molar-refractivity contribution < 1.29 is 37.8 Å². The Kier molecular flexibility index (Phi) is 12.6. The van der Waals surface area contributed by atoms with Crippen LogP contribution in [0.25, 0.3) is 0 Å². The molecule has 0 aliphatic heterocycles. The monoisotopic (exact) mass is 588 g/mol. The fraction of sp³-hybridized carbons (Fsp3) is 0.480. The molecular formula is C25H38N2O8P2S. The minimum Gasteiger partial charge on any atom is -0.363 e. The van der Waals surface area contributed by atoms with Crippen LogP contribution < -0.4 is 10.6 Å². The van der Waals surface area contributed by atoms with Crippen LogP contribution in [0.4, 0.5) is 0 Å². The van der Waals surface area contributed by atoms with Crippen molar-refractivity contribution in [2.24, 2.45) is 0 Å². The van der Waals surface area contributed by atoms with E-state index >= 15 is 0 Å². The molecule has 2 atom stereocenters. The molecular weight excluding hydrogens is 550 g/mol. The number of nitrogens with one attached hydrogen (secondary N) is 2. The molecule has 0 spiro atoms. The molecule has 2 unspecified atom stereocenters. The summed E-state index contributed by atoms with van der Waals surface area (Å²) in [5.41, 5.74) is -0.834. The molecule has 0 saturated heterocycles. The number of benzene rings is 2. The maximum atomic E-state index is 11.5. The van der Waals surface area contributed by atoms with E-state index in [1.54, 1.807) is 62.4 Å². The fourth-order valence-electron chi connectivity index (χ4n) is 4.23. The Morgan fingerprint density at radius 1 is 0.711 bits per heavy atom. The first-order chi connectivity index (χ1) is 17.7. The number of rotatable bonds is 16. The van der Waals surface area contributed by atoms with Crippen LogP contribution in [-0.4, -0.2) is 37.8 Å². The second kappa shape index (κ2) is 14.7. The number of unbranched alkanes of at least 4 members (excludes halogenated alkanes) is 2. The van der Waals surface area contributed by atoms with Crippen molar-refractivity contribution in [1.82, 2.24) is 10.6 Å². The van der Waals surface area contributed by atoms with Crippen LogP contribution in [0.3, 0.4) is 0 Å². The highest BCUT2D eigenvalue weighted by molar-refractivity contribution is 7.80. The number of hydrogen-bond donors (Lipinski definition) is 6. The average Bonchev–Trinajstić information content (AvgIpc) is 2.82. The van der Waals surface area contributed by atoms with Gasteiger partial charge in [-0.3, -0.25) is 9.05 Å². The van der Waals surface area contributed by atoms with Gasteiger partial charge in [0.2, 0.25) is 0 Å². The smallest absolute Gasteiger partial charge is 0.363 e.